The van der Waals surface area contributed by atoms with Crippen LogP contribution in [0.1, 0.15) is 62.7 Å². The minimum absolute atomic E-state index is 0.0734. The first kappa shape index (κ1) is 30.7. The van der Waals surface area contributed by atoms with Gasteiger partial charge in [-0.05, 0) is 102 Å². The number of aromatic nitrogens is 4. The number of hydrogen-bond acceptors (Lipinski definition) is 7. The smallest absolute Gasteiger partial charge is 0.335 e. The molecule has 3 aromatic carbocycles. The second-order valence-corrected chi connectivity index (χ2v) is 11.5. The summed E-state index contributed by atoms with van der Waals surface area (Å²) in [6, 6.07) is 15.1. The summed E-state index contributed by atoms with van der Waals surface area (Å²) in [4.78, 5) is 56.1. The Kier molecular flexibility index (Phi) is 8.88. The lowest BCUT2D eigenvalue weighted by atomic mass is 9.87. The number of nitrogens with zero attached hydrogens (tertiary/aromatic N) is 6. The van der Waals surface area contributed by atoms with Gasteiger partial charge in [-0.25, -0.2) is 4.79 Å². The predicted octanol–water partition coefficient (Wildman–Crippen LogP) is 4.42. The number of carbonyl (C=O) groups is 4. The summed E-state index contributed by atoms with van der Waals surface area (Å²) in [6.45, 7) is 1.56. The third-order valence-electron chi connectivity index (χ3n) is 8.22. The van der Waals surface area contributed by atoms with E-state index in [4.69, 9.17) is 11.6 Å². The number of nitrogens with one attached hydrogen (secondary N) is 1. The predicted molar refractivity (Wildman–Crippen MR) is 170 cm³/mol. The summed E-state index contributed by atoms with van der Waals surface area (Å²) in [5, 5.41) is 23.8. The molecule has 13 heteroatoms. The molecule has 6 rings (SSSR count). The van der Waals surface area contributed by atoms with Crippen molar-refractivity contribution in [3.63, 3.8) is 0 Å². The van der Waals surface area contributed by atoms with Crippen molar-refractivity contribution in [2.45, 2.75) is 31.7 Å². The highest BCUT2D eigenvalue weighted by molar-refractivity contribution is 6.30. The average Bonchev–Trinajstić information content (AvgIpc) is 3.61. The Morgan fingerprint density at radius 1 is 0.957 bits per heavy atom. The number of likely N-dealkylation sites (tertiary alicyclic amines) is 1. The van der Waals surface area contributed by atoms with E-state index in [0.29, 0.717) is 52.6 Å². The molecule has 1 saturated heterocycles. The van der Waals surface area contributed by atoms with Gasteiger partial charge in [0.25, 0.3) is 11.8 Å². The van der Waals surface area contributed by atoms with Crippen LogP contribution in [-0.2, 0) is 16.0 Å². The Balaban J connectivity index is 1.34. The van der Waals surface area contributed by atoms with Crippen LogP contribution >= 0.6 is 11.6 Å². The number of tetrazole rings is 1. The van der Waals surface area contributed by atoms with Crippen LogP contribution in [0.4, 0.5) is 5.69 Å². The molecule has 2 aliphatic heterocycles. The lowest BCUT2D eigenvalue weighted by Gasteiger charge is -2.37. The summed E-state index contributed by atoms with van der Waals surface area (Å²) >= 11 is 6.26. The average molecular weight is 640 g/mol. The van der Waals surface area contributed by atoms with Crippen molar-refractivity contribution >= 4 is 47.1 Å². The molecule has 0 radical (unpaired) electrons. The van der Waals surface area contributed by atoms with Gasteiger partial charge in [-0.1, -0.05) is 23.7 Å². The van der Waals surface area contributed by atoms with Crippen LogP contribution in [-0.4, -0.2) is 78.4 Å². The Bertz CT molecular complexity index is 1820. The molecular weight excluding hydrogens is 610 g/mol. The molecule has 0 saturated carbocycles. The van der Waals surface area contributed by atoms with Gasteiger partial charge in [-0.2, -0.15) is 4.68 Å². The summed E-state index contributed by atoms with van der Waals surface area (Å²) in [6.07, 6.45) is 7.76. The number of rotatable bonds is 7. The van der Waals surface area contributed by atoms with E-state index in [1.165, 1.54) is 46.3 Å². The molecule has 4 aromatic rings. The number of halogens is 1. The molecule has 1 unspecified atom stereocenters. The second-order valence-electron chi connectivity index (χ2n) is 11.1. The van der Waals surface area contributed by atoms with E-state index in [2.05, 4.69) is 20.8 Å². The van der Waals surface area contributed by atoms with Crippen LogP contribution in [0.5, 0.6) is 0 Å². The fraction of sp³-hybridized carbons (Fsp3) is 0.242. The van der Waals surface area contributed by atoms with Crippen LogP contribution in [0.3, 0.4) is 0 Å². The standard InChI is InChI=1S/C33H30ClN7O5/c34-23-10-13-28(41-20-35-37-38-41)22(19-23)9-14-29(42)40-18-15-25-26(5-4-6-27(25)32(44)39-16-2-1-3-17-39)30(40)31(43)36-24-11-7-21(8-12-24)33(45)46/h4-14,19-20,30H,1-3,15-18H2,(H,36,43)(H,45,46)/b14-9+. The highest BCUT2D eigenvalue weighted by atomic mass is 35.5. The van der Waals surface area contributed by atoms with Gasteiger partial charge in [-0.15, -0.1) is 5.10 Å². The Morgan fingerprint density at radius 3 is 2.46 bits per heavy atom. The number of piperidine rings is 1. The van der Waals surface area contributed by atoms with Crippen LogP contribution in [0.25, 0.3) is 11.8 Å². The van der Waals surface area contributed by atoms with E-state index in [0.717, 1.165) is 24.8 Å². The highest BCUT2D eigenvalue weighted by Crippen LogP contribution is 2.34. The van der Waals surface area contributed by atoms with E-state index in [9.17, 15) is 24.3 Å². The first-order valence-electron chi connectivity index (χ1n) is 14.9. The quantitative estimate of drug-likeness (QED) is 0.282. The van der Waals surface area contributed by atoms with Gasteiger partial charge >= 0.3 is 5.97 Å². The molecule has 12 nitrogen and oxygen atoms in total. The molecule has 46 heavy (non-hydrogen) atoms. The third-order valence-corrected chi connectivity index (χ3v) is 8.45. The molecule has 1 atom stereocenters. The maximum atomic E-state index is 14.0. The zero-order valence-electron chi connectivity index (χ0n) is 24.7. The molecule has 1 aromatic heterocycles. The zero-order chi connectivity index (χ0) is 32.2. The number of amides is 3. The fourth-order valence-corrected chi connectivity index (χ4v) is 6.14. The molecule has 0 aliphatic carbocycles. The van der Waals surface area contributed by atoms with Crippen molar-refractivity contribution in [1.82, 2.24) is 30.0 Å². The van der Waals surface area contributed by atoms with Gasteiger partial charge < -0.3 is 20.2 Å². The fourth-order valence-electron chi connectivity index (χ4n) is 5.96. The van der Waals surface area contributed by atoms with Crippen molar-refractivity contribution < 1.29 is 24.3 Å². The maximum Gasteiger partial charge on any atom is 0.335 e. The lowest BCUT2D eigenvalue weighted by Crippen LogP contribution is -2.45. The van der Waals surface area contributed by atoms with Crippen molar-refractivity contribution in [3.8, 4) is 5.69 Å². The number of fused-ring (bicyclic) bond motifs is 1. The van der Waals surface area contributed by atoms with E-state index in [-0.39, 0.29) is 18.0 Å². The summed E-state index contributed by atoms with van der Waals surface area (Å²) < 4.78 is 1.45. The number of benzene rings is 3. The number of anilines is 1. The van der Waals surface area contributed by atoms with Crippen LogP contribution in [0, 0.1) is 0 Å². The number of carboxylic acid groups (broad SMARTS) is 1. The molecule has 2 N–H and O–H groups in total. The highest BCUT2D eigenvalue weighted by Gasteiger charge is 2.37. The van der Waals surface area contributed by atoms with Gasteiger partial charge in [0, 0.05) is 47.5 Å². The monoisotopic (exact) mass is 639 g/mol. The van der Waals surface area contributed by atoms with Crippen molar-refractivity contribution in [1.29, 1.82) is 0 Å². The zero-order valence-corrected chi connectivity index (χ0v) is 25.4. The summed E-state index contributed by atoms with van der Waals surface area (Å²) in [7, 11) is 0. The molecule has 234 valence electrons. The van der Waals surface area contributed by atoms with Crippen LogP contribution in [0.15, 0.2) is 73.1 Å². The summed E-state index contributed by atoms with van der Waals surface area (Å²) in [5.41, 5.74) is 3.47. The first-order valence-corrected chi connectivity index (χ1v) is 15.2. The van der Waals surface area contributed by atoms with Gasteiger partial charge in [0.1, 0.15) is 12.4 Å². The van der Waals surface area contributed by atoms with E-state index in [1.54, 1.807) is 42.5 Å². The van der Waals surface area contributed by atoms with Crippen molar-refractivity contribution in [3.05, 3.63) is 106 Å². The largest absolute Gasteiger partial charge is 0.478 e. The van der Waals surface area contributed by atoms with Gasteiger partial charge in [0.15, 0.2) is 0 Å². The van der Waals surface area contributed by atoms with Crippen molar-refractivity contribution in [2.24, 2.45) is 0 Å². The Hall–Kier alpha value is -5.36. The first-order chi connectivity index (χ1) is 22.3. The number of aromatic carboxylic acids is 1. The second kappa shape index (κ2) is 13.3. The Morgan fingerprint density at radius 2 is 1.74 bits per heavy atom. The molecule has 1 fully saturated rings. The van der Waals surface area contributed by atoms with Crippen LogP contribution in [0.2, 0.25) is 5.02 Å². The van der Waals surface area contributed by atoms with E-state index >= 15 is 0 Å². The number of carboxylic acids is 1. The number of hydrogen-bond donors (Lipinski definition) is 2. The molecule has 2 aliphatic rings. The van der Waals surface area contributed by atoms with Gasteiger partial charge in [-0.3, -0.25) is 14.4 Å². The molecular formula is C33H30ClN7O5. The summed E-state index contributed by atoms with van der Waals surface area (Å²) in [5.74, 6) is -2.08. The molecule has 3 amide bonds. The van der Waals surface area contributed by atoms with E-state index < -0.39 is 23.8 Å². The minimum Gasteiger partial charge on any atom is -0.478 e. The maximum absolute atomic E-state index is 14.0. The van der Waals surface area contributed by atoms with Gasteiger partial charge in [0.2, 0.25) is 5.91 Å². The Labute approximate surface area is 269 Å². The van der Waals surface area contributed by atoms with Gasteiger partial charge in [0.05, 0.1) is 11.3 Å². The van der Waals surface area contributed by atoms with Crippen molar-refractivity contribution in [2.75, 3.05) is 25.0 Å². The lowest BCUT2D eigenvalue weighted by molar-refractivity contribution is -0.135. The molecule has 0 spiro atoms. The number of carbonyl (C=O) groups excluding carboxylic acids is 3. The molecule has 0 bridgehead atoms. The molecule has 3 heterocycles. The van der Waals surface area contributed by atoms with E-state index in [1.807, 2.05) is 4.90 Å². The third kappa shape index (κ3) is 6.38. The SMILES string of the molecule is O=C(O)c1ccc(NC(=O)C2c3cccc(C(=O)N4CCCCC4)c3CCN2C(=O)/C=C/c2cc(Cl)ccc2-n2cnnn2)cc1. The normalized spacial score (nSPS) is 16.2. The van der Waals surface area contributed by atoms with Crippen LogP contribution < -0.4 is 5.32 Å². The minimum atomic E-state index is -1.09. The topological polar surface area (TPSA) is 151 Å².